The molecular formula is C53H68ClN7O8S. The summed E-state index contributed by atoms with van der Waals surface area (Å²) in [7, 11) is 1.80. The van der Waals surface area contributed by atoms with Crippen molar-refractivity contribution >= 4 is 46.6 Å². The van der Waals surface area contributed by atoms with E-state index in [1.54, 1.807) is 60.8 Å². The monoisotopic (exact) mass is 997 g/mol. The minimum Gasteiger partial charge on any atom is -0.494 e. The number of aliphatic hydroxyl groups excluding tert-OH is 1. The normalized spacial score (nSPS) is 20.1. The van der Waals surface area contributed by atoms with Gasteiger partial charge in [0.2, 0.25) is 5.91 Å². The molecule has 2 fully saturated rings. The second-order valence-electron chi connectivity index (χ2n) is 20.6. The van der Waals surface area contributed by atoms with Gasteiger partial charge in [-0.1, -0.05) is 84.3 Å². The minimum atomic E-state index is -0.941. The van der Waals surface area contributed by atoms with Crippen LogP contribution in [0.5, 0.6) is 11.5 Å². The predicted octanol–water partition coefficient (Wildman–Crippen LogP) is 8.03. The molecule has 1 aromatic heterocycles. The van der Waals surface area contributed by atoms with Gasteiger partial charge in [0, 0.05) is 54.6 Å². The maximum atomic E-state index is 14.2. The van der Waals surface area contributed by atoms with Crippen molar-refractivity contribution in [3.8, 4) is 28.0 Å². The van der Waals surface area contributed by atoms with Gasteiger partial charge in [-0.3, -0.25) is 14.4 Å². The molecule has 5 N–H and O–H groups in total. The highest BCUT2D eigenvalue weighted by atomic mass is 35.5. The third kappa shape index (κ3) is 12.8. The molecule has 2 heterocycles. The highest BCUT2D eigenvalue weighted by Gasteiger charge is 2.64. The van der Waals surface area contributed by atoms with Gasteiger partial charge in [0.1, 0.15) is 30.3 Å². The average molecular weight is 999 g/mol. The number of benzene rings is 3. The number of thiazole rings is 1. The lowest BCUT2D eigenvalue weighted by atomic mass is 9.49. The van der Waals surface area contributed by atoms with E-state index >= 15 is 0 Å². The van der Waals surface area contributed by atoms with Crippen molar-refractivity contribution in [2.24, 2.45) is 16.2 Å². The number of aryl methyl sites for hydroxylation is 1. The quantitative estimate of drug-likeness (QED) is 0.0506. The second kappa shape index (κ2) is 23.1. The maximum absolute atomic E-state index is 14.2. The van der Waals surface area contributed by atoms with Crippen molar-refractivity contribution in [2.75, 3.05) is 40.0 Å². The Balaban J connectivity index is 0.903. The first kappa shape index (κ1) is 53.8. The van der Waals surface area contributed by atoms with E-state index in [-0.39, 0.29) is 43.4 Å². The van der Waals surface area contributed by atoms with E-state index in [1.807, 2.05) is 57.5 Å². The maximum Gasteiger partial charge on any atom is 0.318 e. The van der Waals surface area contributed by atoms with Crippen molar-refractivity contribution in [3.63, 3.8) is 0 Å². The van der Waals surface area contributed by atoms with Crippen LogP contribution in [0.2, 0.25) is 5.02 Å². The summed E-state index contributed by atoms with van der Waals surface area (Å²) >= 11 is 7.81. The Morgan fingerprint density at radius 1 is 0.957 bits per heavy atom. The number of ketones is 1. The smallest absolute Gasteiger partial charge is 0.318 e. The third-order valence-electron chi connectivity index (χ3n) is 13.3. The summed E-state index contributed by atoms with van der Waals surface area (Å²) < 4.78 is 18.0. The Hall–Kier alpha value is -5.57. The molecule has 2 aliphatic rings. The summed E-state index contributed by atoms with van der Waals surface area (Å²) in [6, 6.07) is 19.1. The van der Waals surface area contributed by atoms with Crippen LogP contribution in [0.3, 0.4) is 0 Å². The molecule has 1 saturated carbocycles. The van der Waals surface area contributed by atoms with Crippen molar-refractivity contribution in [1.29, 1.82) is 5.26 Å². The number of halogens is 1. The molecule has 15 nitrogen and oxygen atoms in total. The molecule has 0 bridgehead atoms. The molecule has 4 atom stereocenters. The van der Waals surface area contributed by atoms with Crippen LogP contribution in [0.25, 0.3) is 10.4 Å². The third-order valence-corrected chi connectivity index (χ3v) is 14.6. The highest BCUT2D eigenvalue weighted by molar-refractivity contribution is 7.13. The standard InChI is InChI=1S/C53H68ClN7O8S/c1-32-45(70-31-57-32)34-15-13-33(14-16-34)41(28-56-9)58-50(66)61-29-37(62)25-42(61)44(64)46(51(2,3)4)59-43(63)30-67-23-11-10-12-24-68-38-20-17-35(18-21-38)47(65)60-48-52(5,6)49(53(48,7)8)69-39-22-19-36(27-55)40(54)26-39/h13-22,26,31,37,41-42,46,48-49,56,62H,10-12,23-25,28-30H2,1-9H3,(H,58,66)(H,59,63)(H,60,65)/t37-,41+,42?,46+,48-,49-/m0/s1. The van der Waals surface area contributed by atoms with Gasteiger partial charge in [0.25, 0.3) is 5.91 Å². The van der Waals surface area contributed by atoms with E-state index < -0.39 is 52.4 Å². The Bertz CT molecular complexity index is 2490. The summed E-state index contributed by atoms with van der Waals surface area (Å²) in [5.74, 6) is 0.224. The zero-order valence-corrected chi connectivity index (χ0v) is 43.3. The van der Waals surface area contributed by atoms with Crippen LogP contribution >= 0.6 is 22.9 Å². The summed E-state index contributed by atoms with van der Waals surface area (Å²) in [4.78, 5) is 61.4. The first-order valence-electron chi connectivity index (χ1n) is 23.9. The number of hydrogen-bond donors (Lipinski definition) is 5. The van der Waals surface area contributed by atoms with Gasteiger partial charge in [-0.15, -0.1) is 11.3 Å². The topological polar surface area (TPSA) is 204 Å². The second-order valence-corrected chi connectivity index (χ2v) is 21.8. The molecule has 1 aliphatic heterocycles. The molecule has 4 amide bonds. The Labute approximate surface area is 421 Å². The molecule has 3 aromatic carbocycles. The van der Waals surface area contributed by atoms with E-state index in [1.165, 1.54) is 4.90 Å². The molecule has 1 aliphatic carbocycles. The summed E-state index contributed by atoms with van der Waals surface area (Å²) in [5, 5.41) is 32.5. The lowest BCUT2D eigenvalue weighted by Gasteiger charge is -2.63. The highest BCUT2D eigenvalue weighted by Crippen LogP contribution is 2.55. The van der Waals surface area contributed by atoms with E-state index in [4.69, 9.17) is 25.8 Å². The zero-order valence-electron chi connectivity index (χ0n) is 41.7. The number of carbonyl (C=O) groups is 4. The van der Waals surface area contributed by atoms with Gasteiger partial charge in [-0.2, -0.15) is 5.26 Å². The van der Waals surface area contributed by atoms with Crippen molar-refractivity contribution in [1.82, 2.24) is 31.2 Å². The van der Waals surface area contributed by atoms with E-state index in [2.05, 4.69) is 60.0 Å². The molecule has 17 heteroatoms. The number of aromatic nitrogens is 1. The van der Waals surface area contributed by atoms with Crippen molar-refractivity contribution < 1.29 is 38.5 Å². The fourth-order valence-corrected chi connectivity index (χ4v) is 10.9. The van der Waals surface area contributed by atoms with Crippen molar-refractivity contribution in [2.45, 2.75) is 117 Å². The van der Waals surface area contributed by atoms with Crippen molar-refractivity contribution in [3.05, 3.63) is 99.6 Å². The van der Waals surface area contributed by atoms with Gasteiger partial charge in [0.05, 0.1) is 57.5 Å². The number of nitrogens with one attached hydrogen (secondary N) is 4. The van der Waals surface area contributed by atoms with Gasteiger partial charge < -0.3 is 45.5 Å². The first-order chi connectivity index (χ1) is 33.1. The molecule has 1 saturated heterocycles. The fourth-order valence-electron chi connectivity index (χ4n) is 9.90. The molecule has 0 radical (unpaired) electrons. The Morgan fingerprint density at radius 2 is 1.63 bits per heavy atom. The molecule has 70 heavy (non-hydrogen) atoms. The molecular weight excluding hydrogens is 930 g/mol. The van der Waals surface area contributed by atoms with Crippen LogP contribution in [0.15, 0.2) is 72.2 Å². The van der Waals surface area contributed by atoms with Gasteiger partial charge in [-0.05, 0) is 86.2 Å². The lowest BCUT2D eigenvalue weighted by molar-refractivity contribution is -0.164. The molecule has 0 spiro atoms. The van der Waals surface area contributed by atoms with Crippen LogP contribution in [-0.4, -0.2) is 109 Å². The van der Waals surface area contributed by atoms with Gasteiger partial charge in [-0.25, -0.2) is 9.78 Å². The molecule has 1 unspecified atom stereocenters. The number of hydrogen-bond acceptors (Lipinski definition) is 12. The SMILES string of the molecule is CNC[C@@H](NC(=O)N1C[C@@H](O)CC1C(=O)[C@@H](NC(=O)COCCCCCOc1ccc(C(=O)N[C@H]2C(C)(C)[C@H](Oc3ccc(C#N)c(Cl)c3)C2(C)C)cc1)C(C)(C)C)c1ccc(-c2scnc2C)cc1. The van der Waals surface area contributed by atoms with Crippen LogP contribution in [0.4, 0.5) is 4.79 Å². The Kier molecular flexibility index (Phi) is 17.8. The molecule has 4 aromatic rings. The summed E-state index contributed by atoms with van der Waals surface area (Å²) in [5.41, 5.74) is 4.10. The Morgan fingerprint density at radius 3 is 2.24 bits per heavy atom. The summed E-state index contributed by atoms with van der Waals surface area (Å²) in [6.07, 6.45) is 1.17. The number of likely N-dealkylation sites (tertiary alicyclic amines) is 1. The van der Waals surface area contributed by atoms with E-state index in [9.17, 15) is 29.5 Å². The number of nitrogens with zero attached hydrogens (tertiary/aromatic N) is 3. The zero-order chi connectivity index (χ0) is 51.0. The fraction of sp³-hybridized carbons (Fsp3) is 0.509. The van der Waals surface area contributed by atoms with Crippen LogP contribution < -0.4 is 30.7 Å². The number of β-amino-alcohol motifs (C(OH)–C–C–N with tert-alkyl or cyclic N) is 1. The van der Waals surface area contributed by atoms with Gasteiger partial charge in [0.15, 0.2) is 5.78 Å². The number of amides is 4. The van der Waals surface area contributed by atoms with E-state index in [0.717, 1.165) is 34.5 Å². The number of likely N-dealkylation sites (N-methyl/N-ethyl adjacent to an activating group) is 1. The molecule has 6 rings (SSSR count). The van der Waals surface area contributed by atoms with E-state index in [0.29, 0.717) is 53.8 Å². The van der Waals surface area contributed by atoms with Crippen LogP contribution in [0.1, 0.15) is 107 Å². The number of Topliss-reactive ketones (excluding diaryl/α,β-unsaturated/α-hetero) is 1. The average Bonchev–Trinajstić information content (AvgIpc) is 3.94. The first-order valence-corrected chi connectivity index (χ1v) is 25.1. The number of aliphatic hydroxyl groups is 1. The van der Waals surface area contributed by atoms with Crippen LogP contribution in [0, 0.1) is 34.5 Å². The number of ether oxygens (including phenoxy) is 3. The van der Waals surface area contributed by atoms with Gasteiger partial charge >= 0.3 is 6.03 Å². The molecule has 376 valence electrons. The number of unbranched alkanes of at least 4 members (excludes halogenated alkanes) is 2. The number of nitriles is 1. The predicted molar refractivity (Wildman–Crippen MR) is 271 cm³/mol. The largest absolute Gasteiger partial charge is 0.494 e. The minimum absolute atomic E-state index is 0.0146. The van der Waals surface area contributed by atoms with Crippen LogP contribution in [-0.2, 0) is 14.3 Å². The lowest BCUT2D eigenvalue weighted by Crippen LogP contribution is -2.74. The summed E-state index contributed by atoms with van der Waals surface area (Å²) in [6.45, 7) is 16.7. The number of rotatable bonds is 21. The number of carbonyl (C=O) groups excluding carboxylic acids is 4. The number of urea groups is 1.